The molecule has 126 valence electrons. The van der Waals surface area contributed by atoms with Crippen molar-refractivity contribution < 1.29 is 22.7 Å². The first-order valence-corrected chi connectivity index (χ1v) is 6.79. The second-order valence-corrected chi connectivity index (χ2v) is 5.08. The van der Waals surface area contributed by atoms with Gasteiger partial charge in [0.2, 0.25) is 11.9 Å². The first kappa shape index (κ1) is 15.8. The summed E-state index contributed by atoms with van der Waals surface area (Å²) in [6.07, 6.45) is -3.47. The molecule has 0 spiro atoms. The zero-order chi connectivity index (χ0) is 17.5. The number of alkyl halides is 3. The van der Waals surface area contributed by atoms with Gasteiger partial charge in [0.25, 0.3) is 0 Å². The third-order valence-corrected chi connectivity index (χ3v) is 3.49. The number of hydrogen-bond acceptors (Lipinski definition) is 5. The molecule has 1 aliphatic heterocycles. The van der Waals surface area contributed by atoms with Crippen molar-refractivity contribution in [2.24, 2.45) is 5.73 Å². The topological polar surface area (TPSA) is 95.1 Å². The van der Waals surface area contributed by atoms with E-state index in [0.29, 0.717) is 17.2 Å². The van der Waals surface area contributed by atoms with Crippen LogP contribution >= 0.6 is 0 Å². The van der Waals surface area contributed by atoms with Crippen LogP contribution in [0.1, 0.15) is 18.5 Å². The van der Waals surface area contributed by atoms with Crippen LogP contribution in [0.3, 0.4) is 0 Å². The molecule has 7 nitrogen and oxygen atoms in total. The minimum atomic E-state index is -4.77. The molecule has 0 radical (unpaired) electrons. The van der Waals surface area contributed by atoms with Crippen molar-refractivity contribution in [2.45, 2.75) is 19.3 Å². The Bertz CT molecular complexity index is 811. The summed E-state index contributed by atoms with van der Waals surface area (Å²) in [6, 6.07) is 4.46. The van der Waals surface area contributed by atoms with Crippen LogP contribution in [-0.2, 0) is 4.79 Å². The molecule has 10 heteroatoms. The number of benzene rings is 1. The van der Waals surface area contributed by atoms with E-state index in [9.17, 15) is 18.0 Å². The summed E-state index contributed by atoms with van der Waals surface area (Å²) >= 11 is 0. The maximum absolute atomic E-state index is 12.2. The fourth-order valence-electron chi connectivity index (χ4n) is 2.57. The molecule has 3 N–H and O–H groups in total. The third-order valence-electron chi connectivity index (χ3n) is 3.49. The van der Waals surface area contributed by atoms with Crippen LogP contribution in [0.25, 0.3) is 0 Å². The van der Waals surface area contributed by atoms with E-state index in [1.807, 2.05) is 0 Å². The number of halogens is 3. The van der Waals surface area contributed by atoms with Gasteiger partial charge < -0.3 is 15.8 Å². The van der Waals surface area contributed by atoms with Gasteiger partial charge in [-0.2, -0.15) is 10.1 Å². The van der Waals surface area contributed by atoms with Crippen molar-refractivity contribution in [2.75, 3.05) is 5.32 Å². The summed E-state index contributed by atoms with van der Waals surface area (Å²) in [4.78, 5) is 15.8. The smallest absolute Gasteiger partial charge is 0.406 e. The van der Waals surface area contributed by atoms with E-state index in [4.69, 9.17) is 5.73 Å². The van der Waals surface area contributed by atoms with Crippen LogP contribution in [0.5, 0.6) is 5.75 Å². The fourth-order valence-corrected chi connectivity index (χ4v) is 2.57. The monoisotopic (exact) mass is 339 g/mol. The van der Waals surface area contributed by atoms with Crippen molar-refractivity contribution in [1.29, 1.82) is 0 Å². The number of amides is 1. The zero-order valence-electron chi connectivity index (χ0n) is 12.3. The number of primary amides is 1. The Kier molecular flexibility index (Phi) is 3.66. The van der Waals surface area contributed by atoms with Crippen LogP contribution in [0, 0.1) is 0 Å². The SMILES string of the molecule is CC1=C(C(N)=O)[C@H](c2ccc(OC(F)(F)F)cc2)n2ncnc2N1. The molecule has 1 atom stereocenters. The number of anilines is 1. The maximum Gasteiger partial charge on any atom is 0.573 e. The average Bonchev–Trinajstić information content (AvgIpc) is 2.92. The number of carbonyl (C=O) groups excluding carboxylic acids is 1. The Hall–Kier alpha value is -3.04. The number of rotatable bonds is 3. The Balaban J connectivity index is 2.02. The molecule has 2 heterocycles. The van der Waals surface area contributed by atoms with E-state index in [1.54, 1.807) is 6.92 Å². The molecule has 2 aromatic rings. The number of aromatic nitrogens is 3. The number of fused-ring (bicyclic) bond motifs is 1. The van der Waals surface area contributed by atoms with Gasteiger partial charge in [-0.05, 0) is 24.6 Å². The van der Waals surface area contributed by atoms with Gasteiger partial charge in [0.15, 0.2) is 0 Å². The van der Waals surface area contributed by atoms with E-state index in [-0.39, 0.29) is 11.3 Å². The predicted molar refractivity (Wildman–Crippen MR) is 76.8 cm³/mol. The van der Waals surface area contributed by atoms with Crippen LogP contribution in [0.15, 0.2) is 41.9 Å². The lowest BCUT2D eigenvalue weighted by molar-refractivity contribution is -0.274. The lowest BCUT2D eigenvalue weighted by Crippen LogP contribution is -2.31. The summed E-state index contributed by atoms with van der Waals surface area (Å²) < 4.78 is 42.0. The third kappa shape index (κ3) is 2.90. The normalized spacial score (nSPS) is 17.2. The molecule has 1 aromatic heterocycles. The van der Waals surface area contributed by atoms with Gasteiger partial charge in [-0.15, -0.1) is 13.2 Å². The first-order valence-electron chi connectivity index (χ1n) is 6.79. The fraction of sp³-hybridized carbons (Fsp3) is 0.214. The lowest BCUT2D eigenvalue weighted by atomic mass is 9.95. The van der Waals surface area contributed by atoms with Crippen molar-refractivity contribution in [1.82, 2.24) is 14.8 Å². The van der Waals surface area contributed by atoms with Gasteiger partial charge in [-0.25, -0.2) is 4.68 Å². The Labute approximate surface area is 133 Å². The van der Waals surface area contributed by atoms with Crippen LogP contribution in [0.2, 0.25) is 0 Å². The van der Waals surface area contributed by atoms with Gasteiger partial charge >= 0.3 is 6.36 Å². The van der Waals surface area contributed by atoms with Crippen LogP contribution in [0.4, 0.5) is 19.1 Å². The van der Waals surface area contributed by atoms with E-state index < -0.39 is 18.3 Å². The summed E-state index contributed by atoms with van der Waals surface area (Å²) in [5, 5.41) is 6.96. The molecule has 1 amide bonds. The quantitative estimate of drug-likeness (QED) is 0.891. The number of nitrogens with two attached hydrogens (primary N) is 1. The van der Waals surface area contributed by atoms with E-state index in [0.717, 1.165) is 12.1 Å². The van der Waals surface area contributed by atoms with Gasteiger partial charge in [0.05, 0.1) is 5.57 Å². The summed E-state index contributed by atoms with van der Waals surface area (Å²) in [5.74, 6) is -0.625. The largest absolute Gasteiger partial charge is 0.573 e. The first-order chi connectivity index (χ1) is 11.3. The van der Waals surface area contributed by atoms with Crippen molar-refractivity contribution in [3.63, 3.8) is 0 Å². The molecular formula is C14H12F3N5O2. The Morgan fingerprint density at radius 1 is 1.33 bits per heavy atom. The van der Waals surface area contributed by atoms with E-state index in [2.05, 4.69) is 20.1 Å². The highest BCUT2D eigenvalue weighted by Gasteiger charge is 2.33. The number of nitrogens with one attached hydrogen (secondary N) is 1. The number of nitrogens with zero attached hydrogens (tertiary/aromatic N) is 3. The number of allylic oxidation sites excluding steroid dienone is 1. The molecule has 0 fully saturated rings. The van der Waals surface area contributed by atoms with Crippen LogP contribution < -0.4 is 15.8 Å². The maximum atomic E-state index is 12.2. The van der Waals surface area contributed by atoms with Crippen molar-refractivity contribution in [3.05, 3.63) is 47.4 Å². The number of carbonyl (C=O) groups is 1. The van der Waals surface area contributed by atoms with E-state index in [1.165, 1.54) is 23.1 Å². The Morgan fingerprint density at radius 3 is 2.58 bits per heavy atom. The van der Waals surface area contributed by atoms with Gasteiger partial charge in [-0.1, -0.05) is 12.1 Å². The van der Waals surface area contributed by atoms with Gasteiger partial charge in [0.1, 0.15) is 18.1 Å². The number of hydrogen-bond donors (Lipinski definition) is 2. The molecule has 0 unspecified atom stereocenters. The summed E-state index contributed by atoms with van der Waals surface area (Å²) in [6.45, 7) is 1.66. The second-order valence-electron chi connectivity index (χ2n) is 5.08. The highest BCUT2D eigenvalue weighted by Crippen LogP contribution is 2.35. The standard InChI is InChI=1S/C14H12F3N5O2/c1-7-10(12(18)23)11(22-13(21-7)19-6-20-22)8-2-4-9(5-3-8)24-14(15,16)17/h2-6,11H,1H3,(H2,18,23)(H,19,20,21)/t11-/m0/s1. The average molecular weight is 339 g/mol. The molecule has 1 aliphatic rings. The zero-order valence-corrected chi connectivity index (χ0v) is 12.3. The minimum absolute atomic E-state index is 0.248. The van der Waals surface area contributed by atoms with Crippen molar-refractivity contribution in [3.8, 4) is 5.75 Å². The molecule has 0 saturated heterocycles. The van der Waals surface area contributed by atoms with E-state index >= 15 is 0 Å². The highest BCUT2D eigenvalue weighted by atomic mass is 19.4. The number of ether oxygens (including phenoxy) is 1. The van der Waals surface area contributed by atoms with Gasteiger partial charge in [-0.3, -0.25) is 4.79 Å². The molecular weight excluding hydrogens is 327 g/mol. The minimum Gasteiger partial charge on any atom is -0.406 e. The molecule has 24 heavy (non-hydrogen) atoms. The molecule has 0 aliphatic carbocycles. The molecule has 1 aromatic carbocycles. The second kappa shape index (κ2) is 5.55. The summed E-state index contributed by atoms with van der Waals surface area (Å²) in [7, 11) is 0. The Morgan fingerprint density at radius 2 is 2.00 bits per heavy atom. The predicted octanol–water partition coefficient (Wildman–Crippen LogP) is 1.95. The van der Waals surface area contributed by atoms with Crippen molar-refractivity contribution >= 4 is 11.9 Å². The summed E-state index contributed by atoms with van der Waals surface area (Å²) in [5.41, 5.74) is 6.72. The highest BCUT2D eigenvalue weighted by molar-refractivity contribution is 5.95. The molecule has 0 bridgehead atoms. The molecule has 3 rings (SSSR count). The van der Waals surface area contributed by atoms with Gasteiger partial charge in [0, 0.05) is 5.70 Å². The van der Waals surface area contributed by atoms with Crippen LogP contribution in [-0.4, -0.2) is 27.0 Å². The molecule has 0 saturated carbocycles. The lowest BCUT2D eigenvalue weighted by Gasteiger charge is -2.27.